The van der Waals surface area contributed by atoms with Gasteiger partial charge in [0.15, 0.2) is 0 Å². The number of aliphatic carboxylic acids is 1. The van der Waals surface area contributed by atoms with E-state index in [0.29, 0.717) is 44.6 Å². The standard InChI is InChI=1S/C28H38N2O4/c1-19(2)21-8-12-24(13-9-21)29-25-14-10-23(11-15-26(25)31)28(34)30(18-27(32)33)17-16-22-7-5-4-6-20(22)3/h4-9,12-13,19,23,25-26,29,31H,10-11,14-18H2,1-3H3,(H,32,33)/t23-,25+,26+/m1/s1. The second-order valence-corrected chi connectivity index (χ2v) is 9.78. The summed E-state index contributed by atoms with van der Waals surface area (Å²) in [5.41, 5.74) is 4.48. The van der Waals surface area contributed by atoms with Gasteiger partial charge in [-0.05, 0) is 73.8 Å². The number of aliphatic hydroxyl groups is 1. The molecule has 0 bridgehead atoms. The van der Waals surface area contributed by atoms with Crippen LogP contribution in [0.3, 0.4) is 0 Å². The summed E-state index contributed by atoms with van der Waals surface area (Å²) >= 11 is 0. The highest BCUT2D eigenvalue weighted by Crippen LogP contribution is 2.28. The summed E-state index contributed by atoms with van der Waals surface area (Å²) in [4.78, 5) is 26.3. The number of carbonyl (C=O) groups is 2. The third-order valence-corrected chi connectivity index (χ3v) is 6.93. The van der Waals surface area contributed by atoms with Crippen LogP contribution in [0.4, 0.5) is 5.69 Å². The first kappa shape index (κ1) is 25.8. The van der Waals surface area contributed by atoms with Crippen LogP contribution < -0.4 is 5.32 Å². The maximum absolute atomic E-state index is 13.3. The van der Waals surface area contributed by atoms with Crippen LogP contribution >= 0.6 is 0 Å². The van der Waals surface area contributed by atoms with Gasteiger partial charge in [0.2, 0.25) is 5.91 Å². The van der Waals surface area contributed by atoms with Crippen LogP contribution in [0.15, 0.2) is 48.5 Å². The van der Waals surface area contributed by atoms with Gasteiger partial charge >= 0.3 is 5.97 Å². The predicted molar refractivity (Wildman–Crippen MR) is 135 cm³/mol. The lowest BCUT2D eigenvalue weighted by Crippen LogP contribution is -2.41. The molecule has 0 saturated heterocycles. The smallest absolute Gasteiger partial charge is 0.323 e. The van der Waals surface area contributed by atoms with Crippen LogP contribution in [0.2, 0.25) is 0 Å². The van der Waals surface area contributed by atoms with Crippen molar-refractivity contribution in [1.29, 1.82) is 0 Å². The fourth-order valence-corrected chi connectivity index (χ4v) is 4.72. The summed E-state index contributed by atoms with van der Waals surface area (Å²) in [6.07, 6.45) is 2.42. The van der Waals surface area contributed by atoms with E-state index < -0.39 is 12.1 Å². The largest absolute Gasteiger partial charge is 0.480 e. The summed E-state index contributed by atoms with van der Waals surface area (Å²) in [5.74, 6) is -0.939. The third kappa shape index (κ3) is 7.07. The van der Waals surface area contributed by atoms with E-state index in [-0.39, 0.29) is 24.4 Å². The molecular formula is C28H38N2O4. The summed E-state index contributed by atoms with van der Waals surface area (Å²) in [6.45, 7) is 6.41. The Hall–Kier alpha value is -2.86. The summed E-state index contributed by atoms with van der Waals surface area (Å²) in [7, 11) is 0. The lowest BCUT2D eigenvalue weighted by molar-refractivity contribution is -0.146. The van der Waals surface area contributed by atoms with Crippen LogP contribution in [0.5, 0.6) is 0 Å². The van der Waals surface area contributed by atoms with E-state index in [9.17, 15) is 19.8 Å². The first-order valence-electron chi connectivity index (χ1n) is 12.3. The zero-order valence-corrected chi connectivity index (χ0v) is 20.5. The summed E-state index contributed by atoms with van der Waals surface area (Å²) in [6, 6.07) is 16.1. The van der Waals surface area contributed by atoms with Crippen LogP contribution in [-0.4, -0.2) is 52.2 Å². The van der Waals surface area contributed by atoms with E-state index in [1.54, 1.807) is 0 Å². The van der Waals surface area contributed by atoms with E-state index in [2.05, 4.69) is 31.3 Å². The second kappa shape index (κ2) is 12.0. The fraction of sp³-hybridized carbons (Fsp3) is 0.500. The van der Waals surface area contributed by atoms with Gasteiger partial charge in [0.05, 0.1) is 12.1 Å². The molecule has 0 radical (unpaired) electrons. The number of aryl methyl sites for hydroxylation is 1. The highest BCUT2D eigenvalue weighted by molar-refractivity contribution is 5.83. The molecular weight excluding hydrogens is 428 g/mol. The number of amides is 1. The number of nitrogens with one attached hydrogen (secondary N) is 1. The first-order chi connectivity index (χ1) is 16.2. The molecule has 2 aromatic carbocycles. The molecule has 1 saturated carbocycles. The van der Waals surface area contributed by atoms with Gasteiger partial charge in [-0.15, -0.1) is 0 Å². The van der Waals surface area contributed by atoms with Crippen molar-refractivity contribution in [3.63, 3.8) is 0 Å². The number of carbonyl (C=O) groups excluding carboxylic acids is 1. The van der Waals surface area contributed by atoms with Crippen molar-refractivity contribution in [2.45, 2.75) is 70.9 Å². The van der Waals surface area contributed by atoms with Gasteiger partial charge in [0.1, 0.15) is 6.54 Å². The molecule has 0 unspecified atom stereocenters. The van der Waals surface area contributed by atoms with E-state index in [4.69, 9.17) is 0 Å². The average Bonchev–Trinajstić information content (AvgIpc) is 2.99. The Morgan fingerprint density at radius 2 is 1.71 bits per heavy atom. The number of aliphatic hydroxyl groups excluding tert-OH is 1. The number of rotatable bonds is 9. The van der Waals surface area contributed by atoms with Crippen LogP contribution in [0.1, 0.15) is 62.1 Å². The molecule has 6 nitrogen and oxygen atoms in total. The van der Waals surface area contributed by atoms with Crippen molar-refractivity contribution in [1.82, 2.24) is 4.90 Å². The van der Waals surface area contributed by atoms with Gasteiger partial charge in [-0.25, -0.2) is 0 Å². The monoisotopic (exact) mass is 466 g/mol. The summed E-state index contributed by atoms with van der Waals surface area (Å²) in [5, 5.41) is 23.6. The number of carboxylic acids is 1. The Bertz CT molecular complexity index is 957. The second-order valence-electron chi connectivity index (χ2n) is 9.78. The lowest BCUT2D eigenvalue weighted by atomic mass is 9.97. The van der Waals surface area contributed by atoms with E-state index in [1.165, 1.54) is 10.5 Å². The van der Waals surface area contributed by atoms with Crippen molar-refractivity contribution in [2.24, 2.45) is 5.92 Å². The normalized spacial score (nSPS) is 20.6. The van der Waals surface area contributed by atoms with Crippen molar-refractivity contribution < 1.29 is 19.8 Å². The number of carboxylic acid groups (broad SMARTS) is 1. The van der Waals surface area contributed by atoms with Gasteiger partial charge in [-0.3, -0.25) is 9.59 Å². The molecule has 3 atom stereocenters. The number of anilines is 1. The van der Waals surface area contributed by atoms with Gasteiger partial charge in [-0.1, -0.05) is 50.2 Å². The minimum absolute atomic E-state index is 0.120. The quantitative estimate of drug-likeness (QED) is 0.470. The van der Waals surface area contributed by atoms with Gasteiger partial charge < -0.3 is 20.4 Å². The molecule has 0 spiro atoms. The highest BCUT2D eigenvalue weighted by Gasteiger charge is 2.32. The maximum Gasteiger partial charge on any atom is 0.323 e. The molecule has 0 aliphatic heterocycles. The fourth-order valence-electron chi connectivity index (χ4n) is 4.72. The number of nitrogens with zero attached hydrogens (tertiary/aromatic N) is 1. The molecule has 1 amide bonds. The number of hydrogen-bond donors (Lipinski definition) is 3. The van der Waals surface area contributed by atoms with E-state index in [1.807, 2.05) is 43.3 Å². The Kier molecular flexibility index (Phi) is 9.11. The van der Waals surface area contributed by atoms with Crippen molar-refractivity contribution in [3.05, 3.63) is 65.2 Å². The molecule has 0 heterocycles. The molecule has 184 valence electrons. The predicted octanol–water partition coefficient (Wildman–Crippen LogP) is 4.61. The Morgan fingerprint density at radius 1 is 1.03 bits per heavy atom. The third-order valence-electron chi connectivity index (χ3n) is 6.93. The molecule has 6 heteroatoms. The molecule has 3 N–H and O–H groups in total. The zero-order chi connectivity index (χ0) is 24.7. The molecule has 3 rings (SSSR count). The average molecular weight is 467 g/mol. The van der Waals surface area contributed by atoms with Crippen LogP contribution in [-0.2, 0) is 16.0 Å². The van der Waals surface area contributed by atoms with Crippen LogP contribution in [0, 0.1) is 12.8 Å². The highest BCUT2D eigenvalue weighted by atomic mass is 16.4. The molecule has 0 aromatic heterocycles. The van der Waals surface area contributed by atoms with Gasteiger partial charge in [0, 0.05) is 18.2 Å². The molecule has 1 fully saturated rings. The SMILES string of the molecule is Cc1ccccc1CCN(CC(=O)O)C(=O)[C@@H]1CC[C@H](Nc2ccc(C(C)C)cc2)[C@@H](O)CC1. The van der Waals surface area contributed by atoms with E-state index in [0.717, 1.165) is 16.8 Å². The topological polar surface area (TPSA) is 89.9 Å². The van der Waals surface area contributed by atoms with Crippen molar-refractivity contribution >= 4 is 17.6 Å². The zero-order valence-electron chi connectivity index (χ0n) is 20.5. The Morgan fingerprint density at radius 3 is 2.35 bits per heavy atom. The summed E-state index contributed by atoms with van der Waals surface area (Å²) < 4.78 is 0. The van der Waals surface area contributed by atoms with Gasteiger partial charge in [0.25, 0.3) is 0 Å². The molecule has 1 aliphatic rings. The minimum atomic E-state index is -1.00. The molecule has 2 aromatic rings. The molecule has 34 heavy (non-hydrogen) atoms. The van der Waals surface area contributed by atoms with Crippen molar-refractivity contribution in [2.75, 3.05) is 18.4 Å². The first-order valence-corrected chi connectivity index (χ1v) is 12.3. The lowest BCUT2D eigenvalue weighted by Gasteiger charge is -2.26. The minimum Gasteiger partial charge on any atom is -0.480 e. The maximum atomic E-state index is 13.3. The number of benzene rings is 2. The Balaban J connectivity index is 1.62. The van der Waals surface area contributed by atoms with E-state index >= 15 is 0 Å². The molecule has 1 aliphatic carbocycles. The van der Waals surface area contributed by atoms with Gasteiger partial charge in [-0.2, -0.15) is 0 Å². The van der Waals surface area contributed by atoms with Crippen LogP contribution in [0.25, 0.3) is 0 Å². The number of hydrogen-bond acceptors (Lipinski definition) is 4. The van der Waals surface area contributed by atoms with Crippen molar-refractivity contribution in [3.8, 4) is 0 Å². The Labute approximate surface area is 203 Å².